The van der Waals surface area contributed by atoms with E-state index in [1.165, 1.54) is 31.2 Å². The van der Waals surface area contributed by atoms with Gasteiger partial charge in [0.05, 0.1) is 4.90 Å². The highest BCUT2D eigenvalue weighted by atomic mass is 32.2. The molecule has 7 nitrogen and oxygen atoms in total. The Kier molecular flexibility index (Phi) is 7.41. The molecule has 1 aliphatic rings. The van der Waals surface area contributed by atoms with E-state index in [4.69, 9.17) is 0 Å². The Morgan fingerprint density at radius 1 is 1.00 bits per heavy atom. The van der Waals surface area contributed by atoms with Gasteiger partial charge in [0.2, 0.25) is 15.9 Å². The smallest absolute Gasteiger partial charge is 0.240 e. The molecule has 9 heteroatoms. The lowest BCUT2D eigenvalue weighted by Gasteiger charge is -2.36. The van der Waals surface area contributed by atoms with Gasteiger partial charge < -0.3 is 10.2 Å². The molecule has 0 bridgehead atoms. The minimum Gasteiger partial charge on any atom is -0.369 e. The van der Waals surface area contributed by atoms with Crippen LogP contribution in [0, 0.1) is 5.82 Å². The van der Waals surface area contributed by atoms with Crippen molar-refractivity contribution in [2.75, 3.05) is 49.5 Å². The van der Waals surface area contributed by atoms with Crippen LogP contribution in [-0.4, -0.2) is 58.5 Å². The lowest BCUT2D eigenvalue weighted by Crippen LogP contribution is -2.47. The van der Waals surface area contributed by atoms with Gasteiger partial charge in [-0.25, -0.2) is 17.5 Å². The predicted molar refractivity (Wildman–Crippen MR) is 116 cm³/mol. The summed E-state index contributed by atoms with van der Waals surface area (Å²) in [7, 11) is -3.58. The van der Waals surface area contributed by atoms with Gasteiger partial charge in [0.1, 0.15) is 5.82 Å². The maximum atomic E-state index is 13.1. The van der Waals surface area contributed by atoms with Crippen molar-refractivity contribution in [3.8, 4) is 0 Å². The number of nitrogens with one attached hydrogen (secondary N) is 2. The Labute approximate surface area is 176 Å². The lowest BCUT2D eigenvalue weighted by atomic mass is 10.2. The first-order valence-corrected chi connectivity index (χ1v) is 11.4. The fourth-order valence-corrected chi connectivity index (χ4v) is 4.47. The number of carbonyl (C=O) groups excluding carboxylic acids is 1. The zero-order valence-corrected chi connectivity index (χ0v) is 17.8. The summed E-state index contributed by atoms with van der Waals surface area (Å²) >= 11 is 0. The zero-order chi connectivity index (χ0) is 21.6. The molecule has 162 valence electrons. The molecule has 2 aromatic rings. The summed E-state index contributed by atoms with van der Waals surface area (Å²) in [6, 6.07) is 12.6. The van der Waals surface area contributed by atoms with E-state index in [-0.39, 0.29) is 16.6 Å². The molecule has 1 amide bonds. The average molecular weight is 435 g/mol. The van der Waals surface area contributed by atoms with Crippen molar-refractivity contribution < 1.29 is 17.6 Å². The summed E-state index contributed by atoms with van der Waals surface area (Å²) < 4.78 is 40.5. The molecule has 0 unspecified atom stereocenters. The topological polar surface area (TPSA) is 81.7 Å². The van der Waals surface area contributed by atoms with Gasteiger partial charge in [-0.2, -0.15) is 0 Å². The van der Waals surface area contributed by atoms with Gasteiger partial charge in [-0.3, -0.25) is 9.69 Å². The third kappa shape index (κ3) is 6.25. The molecule has 1 saturated heterocycles. The fraction of sp³-hybridized carbons (Fsp3) is 0.381. The second kappa shape index (κ2) is 10.0. The minimum atomic E-state index is -3.58. The highest BCUT2D eigenvalue weighted by molar-refractivity contribution is 7.89. The van der Waals surface area contributed by atoms with E-state index < -0.39 is 10.0 Å². The number of sulfonamides is 1. The molecule has 30 heavy (non-hydrogen) atoms. The molecule has 0 radical (unpaired) electrons. The number of rotatable bonds is 8. The monoisotopic (exact) mass is 434 g/mol. The quantitative estimate of drug-likeness (QED) is 0.623. The molecule has 2 aromatic carbocycles. The van der Waals surface area contributed by atoms with Crippen molar-refractivity contribution in [3.05, 3.63) is 54.3 Å². The first kappa shape index (κ1) is 22.2. The van der Waals surface area contributed by atoms with Gasteiger partial charge in [-0.05, 0) is 61.5 Å². The van der Waals surface area contributed by atoms with Crippen LogP contribution >= 0.6 is 0 Å². The fourth-order valence-electron chi connectivity index (χ4n) is 3.39. The number of hydrogen-bond acceptors (Lipinski definition) is 5. The van der Waals surface area contributed by atoms with Crippen LogP contribution in [0.4, 0.5) is 15.8 Å². The van der Waals surface area contributed by atoms with Gasteiger partial charge >= 0.3 is 0 Å². The van der Waals surface area contributed by atoms with Crippen molar-refractivity contribution in [2.45, 2.75) is 18.2 Å². The molecule has 1 fully saturated rings. The van der Waals surface area contributed by atoms with Crippen LogP contribution in [0.3, 0.4) is 0 Å². The van der Waals surface area contributed by atoms with Gasteiger partial charge in [0.25, 0.3) is 0 Å². The second-order valence-electron chi connectivity index (χ2n) is 7.26. The minimum absolute atomic E-state index is 0.171. The molecule has 0 aliphatic carbocycles. The summed E-state index contributed by atoms with van der Waals surface area (Å²) in [5.74, 6) is -0.439. The number of hydrogen-bond donors (Lipinski definition) is 2. The van der Waals surface area contributed by atoms with Crippen molar-refractivity contribution >= 4 is 27.3 Å². The molecular formula is C21H27FN4O3S. The summed E-state index contributed by atoms with van der Waals surface area (Å²) in [4.78, 5) is 15.7. The van der Waals surface area contributed by atoms with Crippen molar-refractivity contribution in [3.63, 3.8) is 0 Å². The predicted octanol–water partition coefficient (Wildman–Crippen LogP) is 2.27. The Hall–Kier alpha value is -2.49. The van der Waals surface area contributed by atoms with Crippen LogP contribution in [0.25, 0.3) is 0 Å². The first-order valence-electron chi connectivity index (χ1n) is 9.94. The van der Waals surface area contributed by atoms with Gasteiger partial charge in [-0.15, -0.1) is 0 Å². The van der Waals surface area contributed by atoms with Crippen molar-refractivity contribution in [1.82, 2.24) is 9.62 Å². The number of nitrogens with zero attached hydrogens (tertiary/aromatic N) is 2. The van der Waals surface area contributed by atoms with E-state index >= 15 is 0 Å². The van der Waals surface area contributed by atoms with Crippen LogP contribution in [0.2, 0.25) is 0 Å². The highest BCUT2D eigenvalue weighted by Crippen LogP contribution is 2.17. The second-order valence-corrected chi connectivity index (χ2v) is 9.03. The molecule has 1 heterocycles. The van der Waals surface area contributed by atoms with Crippen molar-refractivity contribution in [1.29, 1.82) is 0 Å². The average Bonchev–Trinajstić information content (AvgIpc) is 2.72. The number of carbonyl (C=O) groups is 1. The third-order valence-electron chi connectivity index (χ3n) is 4.99. The maximum absolute atomic E-state index is 13.1. The standard InChI is InChI=1S/C21H27FN4O3S/c1-17(27)24-19-5-9-21(10-6-19)30(28,29)23-11-2-12-25-13-15-26(16-14-25)20-7-3-18(22)4-8-20/h3-10,23H,2,11-16H2,1H3,(H,24,27). The van der Waals surface area contributed by atoms with Gasteiger partial charge in [0, 0.05) is 51.0 Å². The van der Waals surface area contributed by atoms with Crippen LogP contribution in [0.15, 0.2) is 53.4 Å². The number of amides is 1. The largest absolute Gasteiger partial charge is 0.369 e. The van der Waals surface area contributed by atoms with E-state index in [1.807, 2.05) is 0 Å². The van der Waals surface area contributed by atoms with E-state index in [9.17, 15) is 17.6 Å². The molecule has 1 aliphatic heterocycles. The third-order valence-corrected chi connectivity index (χ3v) is 6.47. The zero-order valence-electron chi connectivity index (χ0n) is 17.0. The van der Waals surface area contributed by atoms with E-state index in [0.29, 0.717) is 18.7 Å². The Morgan fingerprint density at radius 3 is 2.23 bits per heavy atom. The van der Waals surface area contributed by atoms with Crippen LogP contribution < -0.4 is 14.9 Å². The summed E-state index contributed by atoms with van der Waals surface area (Å²) in [5, 5.41) is 2.61. The van der Waals surface area contributed by atoms with Crippen molar-refractivity contribution in [2.24, 2.45) is 0 Å². The lowest BCUT2D eigenvalue weighted by molar-refractivity contribution is -0.114. The van der Waals surface area contributed by atoms with Crippen LogP contribution in [-0.2, 0) is 14.8 Å². The highest BCUT2D eigenvalue weighted by Gasteiger charge is 2.18. The first-order chi connectivity index (χ1) is 14.3. The molecular weight excluding hydrogens is 407 g/mol. The molecule has 0 aromatic heterocycles. The Balaban J connectivity index is 1.39. The van der Waals surface area contributed by atoms with Gasteiger partial charge in [-0.1, -0.05) is 0 Å². The Morgan fingerprint density at radius 2 is 1.63 bits per heavy atom. The molecule has 2 N–H and O–H groups in total. The van der Waals surface area contributed by atoms with E-state index in [0.717, 1.165) is 38.4 Å². The Bertz CT molecular complexity index is 941. The molecule has 0 atom stereocenters. The normalized spacial score (nSPS) is 15.2. The summed E-state index contributed by atoms with van der Waals surface area (Å²) in [6.45, 7) is 6.05. The van der Waals surface area contributed by atoms with E-state index in [1.54, 1.807) is 24.3 Å². The van der Waals surface area contributed by atoms with Crippen LogP contribution in [0.5, 0.6) is 0 Å². The number of halogens is 1. The van der Waals surface area contributed by atoms with E-state index in [2.05, 4.69) is 19.8 Å². The maximum Gasteiger partial charge on any atom is 0.240 e. The number of anilines is 2. The molecule has 3 rings (SSSR count). The SMILES string of the molecule is CC(=O)Nc1ccc(S(=O)(=O)NCCCN2CCN(c3ccc(F)cc3)CC2)cc1. The number of benzene rings is 2. The number of piperazine rings is 1. The van der Waals surface area contributed by atoms with Crippen LogP contribution in [0.1, 0.15) is 13.3 Å². The summed E-state index contributed by atoms with van der Waals surface area (Å²) in [5.41, 5.74) is 1.58. The summed E-state index contributed by atoms with van der Waals surface area (Å²) in [6.07, 6.45) is 0.708. The molecule has 0 saturated carbocycles. The molecule has 0 spiro atoms. The van der Waals surface area contributed by atoms with Gasteiger partial charge in [0.15, 0.2) is 0 Å².